The first-order valence-corrected chi connectivity index (χ1v) is 6.18. The van der Waals surface area contributed by atoms with Crippen molar-refractivity contribution >= 4 is 28.5 Å². The van der Waals surface area contributed by atoms with Crippen molar-refractivity contribution in [3.8, 4) is 12.3 Å². The number of hydrogen-bond donors (Lipinski definition) is 3. The van der Waals surface area contributed by atoms with Gasteiger partial charge in [-0.2, -0.15) is 0 Å². The fourth-order valence-electron chi connectivity index (χ4n) is 1.86. The highest BCUT2D eigenvalue weighted by atomic mass is 16.4. The second-order valence-electron chi connectivity index (χ2n) is 4.30. The predicted molar refractivity (Wildman–Crippen MR) is 78.8 cm³/mol. The Bertz CT molecular complexity index is 716. The number of nitrogens with one attached hydrogen (secondary N) is 2. The minimum Gasteiger partial charge on any atom is -0.480 e. The lowest BCUT2D eigenvalue weighted by Crippen LogP contribution is -2.42. The van der Waals surface area contributed by atoms with Gasteiger partial charge in [0.05, 0.1) is 5.69 Å². The lowest BCUT2D eigenvalue weighted by atomic mass is 10.1. The van der Waals surface area contributed by atoms with Gasteiger partial charge in [0.25, 0.3) is 0 Å². The third-order valence-corrected chi connectivity index (χ3v) is 2.86. The van der Waals surface area contributed by atoms with Crippen LogP contribution in [-0.4, -0.2) is 28.1 Å². The Kier molecular flexibility index (Phi) is 4.36. The van der Waals surface area contributed by atoms with Crippen LogP contribution in [0.4, 0.5) is 10.5 Å². The molecular weight excluding hydrogens is 270 g/mol. The molecule has 21 heavy (non-hydrogen) atoms. The Hall–Kier alpha value is -3.07. The normalized spacial score (nSPS) is 11.4. The third-order valence-electron chi connectivity index (χ3n) is 2.86. The zero-order chi connectivity index (χ0) is 15.2. The molecule has 6 nitrogen and oxygen atoms in total. The predicted octanol–water partition coefficient (Wildman–Crippen LogP) is 1.83. The van der Waals surface area contributed by atoms with Crippen LogP contribution in [0.5, 0.6) is 0 Å². The molecule has 0 aliphatic carbocycles. The molecule has 2 amide bonds. The van der Waals surface area contributed by atoms with Crippen LogP contribution in [0.2, 0.25) is 0 Å². The minimum atomic E-state index is -1.18. The van der Waals surface area contributed by atoms with Crippen LogP contribution >= 0.6 is 0 Å². The van der Waals surface area contributed by atoms with E-state index in [4.69, 9.17) is 11.5 Å². The fourth-order valence-corrected chi connectivity index (χ4v) is 1.86. The van der Waals surface area contributed by atoms with Gasteiger partial charge in [0.2, 0.25) is 0 Å². The van der Waals surface area contributed by atoms with Crippen LogP contribution < -0.4 is 10.6 Å². The summed E-state index contributed by atoms with van der Waals surface area (Å²) in [6.07, 6.45) is 8.27. The summed E-state index contributed by atoms with van der Waals surface area (Å²) in [5, 5.41) is 15.5. The third kappa shape index (κ3) is 3.48. The summed E-state index contributed by atoms with van der Waals surface area (Å²) in [4.78, 5) is 26.8. The lowest BCUT2D eigenvalue weighted by molar-refractivity contribution is -0.139. The van der Waals surface area contributed by atoms with E-state index >= 15 is 0 Å². The number of pyridine rings is 1. The number of carbonyl (C=O) groups excluding carboxylic acids is 1. The lowest BCUT2D eigenvalue weighted by Gasteiger charge is -2.13. The van der Waals surface area contributed by atoms with Crippen molar-refractivity contribution in [3.05, 3.63) is 36.7 Å². The molecule has 3 N–H and O–H groups in total. The maximum atomic E-state index is 11.9. The van der Waals surface area contributed by atoms with Crippen LogP contribution in [0.1, 0.15) is 6.42 Å². The van der Waals surface area contributed by atoms with Crippen molar-refractivity contribution < 1.29 is 14.7 Å². The van der Waals surface area contributed by atoms with E-state index in [9.17, 15) is 9.59 Å². The number of aromatic nitrogens is 1. The molecule has 1 heterocycles. The number of nitrogens with zero attached hydrogens (tertiary/aromatic N) is 1. The van der Waals surface area contributed by atoms with E-state index in [1.54, 1.807) is 24.5 Å². The number of carboxylic acid groups (broad SMARTS) is 1. The second kappa shape index (κ2) is 6.39. The van der Waals surface area contributed by atoms with E-state index in [0.717, 1.165) is 10.8 Å². The van der Waals surface area contributed by atoms with Crippen molar-refractivity contribution in [2.75, 3.05) is 5.32 Å². The van der Waals surface area contributed by atoms with Crippen molar-refractivity contribution in [3.63, 3.8) is 0 Å². The standard InChI is InChI=1S/C15H13N3O3/c1-2-4-13(14(19)20)18-15(21)17-12-6-3-5-10-7-8-16-9-11(10)12/h1,3,5-9,13H,4H2,(H,19,20)(H2,17,18,21). The first kappa shape index (κ1) is 14.3. The number of carboxylic acids is 1. The number of hydrogen-bond acceptors (Lipinski definition) is 3. The molecule has 1 unspecified atom stereocenters. The van der Waals surface area contributed by atoms with Gasteiger partial charge in [0, 0.05) is 24.2 Å². The number of benzene rings is 1. The maximum absolute atomic E-state index is 11.9. The Labute approximate surface area is 121 Å². The largest absolute Gasteiger partial charge is 0.480 e. The zero-order valence-corrected chi connectivity index (χ0v) is 11.0. The highest BCUT2D eigenvalue weighted by Crippen LogP contribution is 2.21. The average Bonchev–Trinajstić information content (AvgIpc) is 2.47. The molecule has 0 saturated carbocycles. The number of urea groups is 1. The Morgan fingerprint density at radius 3 is 2.90 bits per heavy atom. The molecule has 0 aliphatic heterocycles. The Morgan fingerprint density at radius 2 is 2.19 bits per heavy atom. The summed E-state index contributed by atoms with van der Waals surface area (Å²) in [5.41, 5.74) is 0.544. The van der Waals surface area contributed by atoms with Gasteiger partial charge in [0.1, 0.15) is 6.04 Å². The summed E-state index contributed by atoms with van der Waals surface area (Å²) < 4.78 is 0. The number of carbonyl (C=O) groups is 2. The van der Waals surface area contributed by atoms with E-state index in [2.05, 4.69) is 21.5 Å². The molecule has 6 heteroatoms. The molecule has 1 atom stereocenters. The molecule has 0 fully saturated rings. The molecule has 0 radical (unpaired) electrons. The highest BCUT2D eigenvalue weighted by Gasteiger charge is 2.18. The topological polar surface area (TPSA) is 91.3 Å². The van der Waals surface area contributed by atoms with Gasteiger partial charge >= 0.3 is 12.0 Å². The first-order valence-electron chi connectivity index (χ1n) is 6.18. The van der Waals surface area contributed by atoms with Crippen molar-refractivity contribution in [1.82, 2.24) is 10.3 Å². The molecule has 0 spiro atoms. The van der Waals surface area contributed by atoms with E-state index < -0.39 is 18.0 Å². The highest BCUT2D eigenvalue weighted by molar-refractivity contribution is 6.01. The van der Waals surface area contributed by atoms with E-state index in [-0.39, 0.29) is 6.42 Å². The van der Waals surface area contributed by atoms with Crippen molar-refractivity contribution in [1.29, 1.82) is 0 Å². The van der Waals surface area contributed by atoms with Crippen LogP contribution in [0.3, 0.4) is 0 Å². The Morgan fingerprint density at radius 1 is 1.38 bits per heavy atom. The van der Waals surface area contributed by atoms with Gasteiger partial charge in [-0.1, -0.05) is 12.1 Å². The first-order chi connectivity index (χ1) is 10.1. The van der Waals surface area contributed by atoms with Gasteiger partial charge in [-0.25, -0.2) is 9.59 Å². The number of fused-ring (bicyclic) bond motifs is 1. The molecule has 1 aromatic carbocycles. The second-order valence-corrected chi connectivity index (χ2v) is 4.30. The summed E-state index contributed by atoms with van der Waals surface area (Å²) in [6, 6.07) is 5.45. The van der Waals surface area contributed by atoms with E-state index in [1.165, 1.54) is 0 Å². The molecule has 0 bridgehead atoms. The van der Waals surface area contributed by atoms with Crippen molar-refractivity contribution in [2.45, 2.75) is 12.5 Å². The molecule has 1 aromatic heterocycles. The quantitative estimate of drug-likeness (QED) is 0.746. The SMILES string of the molecule is C#CCC(NC(=O)Nc1cccc2ccncc12)C(=O)O. The molecule has 106 valence electrons. The summed E-state index contributed by atoms with van der Waals surface area (Å²) in [5.74, 6) is 1.04. The number of aliphatic carboxylic acids is 1. The summed E-state index contributed by atoms with van der Waals surface area (Å²) in [7, 11) is 0. The number of rotatable bonds is 4. The smallest absolute Gasteiger partial charge is 0.327 e. The van der Waals surface area contributed by atoms with Crippen LogP contribution in [0, 0.1) is 12.3 Å². The molecule has 0 aliphatic rings. The van der Waals surface area contributed by atoms with E-state index in [0.29, 0.717) is 5.69 Å². The van der Waals surface area contributed by atoms with Gasteiger partial charge in [-0.05, 0) is 17.5 Å². The molecular formula is C15H13N3O3. The van der Waals surface area contributed by atoms with Crippen LogP contribution in [0.15, 0.2) is 36.7 Å². The fraction of sp³-hybridized carbons (Fsp3) is 0.133. The number of amides is 2. The maximum Gasteiger partial charge on any atom is 0.327 e. The molecule has 2 aromatic rings. The van der Waals surface area contributed by atoms with E-state index in [1.807, 2.05) is 12.1 Å². The van der Waals surface area contributed by atoms with Gasteiger partial charge < -0.3 is 15.7 Å². The number of terminal acetylenes is 1. The van der Waals surface area contributed by atoms with Gasteiger partial charge in [-0.3, -0.25) is 4.98 Å². The van der Waals surface area contributed by atoms with Crippen LogP contribution in [0.25, 0.3) is 10.8 Å². The van der Waals surface area contributed by atoms with Crippen molar-refractivity contribution in [2.24, 2.45) is 0 Å². The van der Waals surface area contributed by atoms with Gasteiger partial charge in [-0.15, -0.1) is 12.3 Å². The average molecular weight is 283 g/mol. The summed E-state index contributed by atoms with van der Waals surface area (Å²) >= 11 is 0. The minimum absolute atomic E-state index is 0.0835. The number of anilines is 1. The Balaban J connectivity index is 2.15. The molecule has 2 rings (SSSR count). The molecule has 0 saturated heterocycles. The zero-order valence-electron chi connectivity index (χ0n) is 11.0. The monoisotopic (exact) mass is 283 g/mol. The summed E-state index contributed by atoms with van der Waals surface area (Å²) in [6.45, 7) is 0. The van der Waals surface area contributed by atoms with Crippen LogP contribution in [-0.2, 0) is 4.79 Å². The van der Waals surface area contributed by atoms with Gasteiger partial charge in [0.15, 0.2) is 0 Å².